The molecule has 500 valence electrons. The lowest BCUT2D eigenvalue weighted by Crippen LogP contribution is -2.31. The van der Waals surface area contributed by atoms with Crippen molar-refractivity contribution in [2.24, 2.45) is 0 Å². The van der Waals surface area contributed by atoms with Crippen LogP contribution in [-0.2, 0) is 10.8 Å². The molecule has 0 saturated heterocycles. The Balaban J connectivity index is 1.06. The number of pyridine rings is 1. The van der Waals surface area contributed by atoms with Crippen LogP contribution < -0.4 is 9.30 Å². The molecular formula is C99H78N4O. The van der Waals surface area contributed by atoms with E-state index in [2.05, 4.69) is 12.4 Å². The van der Waals surface area contributed by atoms with Crippen molar-refractivity contribution in [1.82, 2.24) is 14.1 Å². The minimum Gasteiger partial charge on any atom is -0.458 e. The Morgan fingerprint density at radius 3 is 1.37 bits per heavy atom. The van der Waals surface area contributed by atoms with Gasteiger partial charge in [0.15, 0.2) is 0 Å². The predicted octanol–water partition coefficient (Wildman–Crippen LogP) is 25.9. The SMILES string of the molecule is [2H]c1c([2H])c([2H])c(-c2cc(-c3c([2H])c(-c4c([2H])c([2H])c([2H])c([2H])c4[2H])c([2H])c(-c4c([2H])c([2H])c([2H])c([2H])c4[2H])c3[2H])c(-[n+]3[c-]n(-c4cccc(Oc5ccc6c7ccccc7n(-c7cc(C([2H])([2H])[2H])c(-c8c([2H])c([2H])c([2H])c([2H])c8[2H])cn7)c6c5)c4)c4cc(-c5cc(C(C)(C)C)cc(C(C)(C)C)c5)ccc43)c(-c3c([2H])c(-c4c([2H])c([2H])c([2H])c([2H])c4[2H])c([2H])c(-c4c([2H])c([2H])c([2H])c([2H])c4[2H])c3[2H])c2)c([2H])c1[2H]. The third kappa shape index (κ3) is 12.6. The lowest BCUT2D eigenvalue weighted by atomic mass is 9.79. The minimum atomic E-state index is -2.99. The van der Waals surface area contributed by atoms with E-state index in [0.717, 1.165) is 29.5 Å². The van der Waals surface area contributed by atoms with Crippen molar-refractivity contribution < 1.29 is 62.8 Å². The zero-order valence-corrected chi connectivity index (χ0v) is 56.3. The number of hydrogen-bond acceptors (Lipinski definition) is 2. The highest BCUT2D eigenvalue weighted by Gasteiger charge is 2.27. The van der Waals surface area contributed by atoms with Gasteiger partial charge in [-0.25, -0.2) is 4.98 Å². The molecule has 0 amide bonds. The highest BCUT2D eigenvalue weighted by atomic mass is 16.5. The zero-order valence-electron chi connectivity index (χ0n) is 95.3. The molecule has 0 aliphatic rings. The van der Waals surface area contributed by atoms with Crippen molar-refractivity contribution in [2.45, 2.75) is 59.2 Å². The van der Waals surface area contributed by atoms with E-state index in [9.17, 15) is 24.7 Å². The Morgan fingerprint density at radius 2 is 0.846 bits per heavy atom. The molecule has 17 aromatic rings. The van der Waals surface area contributed by atoms with Crippen LogP contribution in [0.4, 0.5) is 0 Å². The van der Waals surface area contributed by atoms with Gasteiger partial charge >= 0.3 is 0 Å². The average molecular weight is 1380 g/mol. The van der Waals surface area contributed by atoms with E-state index >= 15 is 0 Å². The van der Waals surface area contributed by atoms with Crippen LogP contribution in [0.5, 0.6) is 11.5 Å². The summed E-state index contributed by atoms with van der Waals surface area (Å²) in [6, 6.07) is -4.41. The molecule has 3 aromatic heterocycles. The van der Waals surface area contributed by atoms with Crippen molar-refractivity contribution in [1.29, 1.82) is 0 Å². The highest BCUT2D eigenvalue weighted by Crippen LogP contribution is 2.46. The van der Waals surface area contributed by atoms with Gasteiger partial charge in [0.2, 0.25) is 0 Å². The second-order valence-electron chi connectivity index (χ2n) is 26.4. The van der Waals surface area contributed by atoms with Gasteiger partial charge < -0.3 is 4.74 Å². The van der Waals surface area contributed by atoms with Gasteiger partial charge in [-0.05, 0) is 226 Å². The highest BCUT2D eigenvalue weighted by molar-refractivity contribution is 6.09. The molecule has 0 aliphatic heterocycles. The Bertz CT molecular complexity index is 7890. The predicted molar refractivity (Wildman–Crippen MR) is 433 cm³/mol. The topological polar surface area (TPSA) is 35.9 Å². The lowest BCUT2D eigenvalue weighted by molar-refractivity contribution is -0.571. The monoisotopic (exact) mass is 1380 g/mol. The maximum Gasteiger partial charge on any atom is 0.269 e. The normalized spacial score (nSPS) is 17.2. The molecule has 5 heteroatoms. The van der Waals surface area contributed by atoms with E-state index in [0.29, 0.717) is 32.9 Å². The van der Waals surface area contributed by atoms with Crippen LogP contribution in [0.25, 0.3) is 150 Å². The molecule has 0 bridgehead atoms. The molecule has 3 heterocycles. The molecule has 0 radical (unpaired) electrons. The minimum absolute atomic E-state index is 0.0145. The summed E-state index contributed by atoms with van der Waals surface area (Å²) in [5.41, 5.74) is -11.7. The van der Waals surface area contributed by atoms with Crippen LogP contribution in [0.3, 0.4) is 0 Å². The van der Waals surface area contributed by atoms with Gasteiger partial charge in [-0.3, -0.25) is 13.7 Å². The van der Waals surface area contributed by atoms with Crippen LogP contribution in [0.15, 0.2) is 345 Å². The summed E-state index contributed by atoms with van der Waals surface area (Å²) in [5, 5.41) is 1.23. The zero-order chi connectivity index (χ0) is 104. The molecule has 0 saturated carbocycles. The van der Waals surface area contributed by atoms with Crippen molar-refractivity contribution in [3.63, 3.8) is 0 Å². The summed E-state index contributed by atoms with van der Waals surface area (Å²) in [7, 11) is 0. The van der Waals surface area contributed by atoms with E-state index in [1.165, 1.54) is 15.2 Å². The van der Waals surface area contributed by atoms with E-state index in [1.807, 2.05) is 59.7 Å². The van der Waals surface area contributed by atoms with Crippen LogP contribution in [0.2, 0.25) is 0 Å². The fourth-order valence-electron chi connectivity index (χ4n) is 12.5. The first-order valence-electron chi connectivity index (χ1n) is 52.3. The van der Waals surface area contributed by atoms with Crippen LogP contribution in [-0.4, -0.2) is 14.1 Å². The summed E-state index contributed by atoms with van der Waals surface area (Å²) in [5.74, 6) is 0.183. The number of ether oxygens (including phenoxy) is 1. The molecular weight excluding hydrogens is 1260 g/mol. The van der Waals surface area contributed by atoms with E-state index in [-0.39, 0.29) is 39.6 Å². The molecule has 0 unspecified atom stereocenters. The van der Waals surface area contributed by atoms with Gasteiger partial charge in [-0.2, -0.15) is 0 Å². The molecule has 104 heavy (non-hydrogen) atoms. The first kappa shape index (κ1) is 34.8. The standard InChI is InChI=1S/C99H78N4O/c1-66-49-96(100-64-91(66)72-39-24-13-25-40-72)103-92-44-27-26-43-87(92)88-47-46-86(63-94(88)103)104-85-42-28-41-84(62-85)101-65-102(93-48-45-73(60-95(93)101)78-56-82(98(2,3)4)61-83(57-78)99(5,6)7)97-89(80-52-74(67-29-14-8-15-30-67)50-75(53-80)68-31-16-9-17-32-68)58-79(71-37-22-12-23-38-71)59-90(97)81-54-76(69-33-18-10-19-34-69)51-77(55-81)70-35-20-11-21-36-70/h8-64H,1-7H3/i1D3,8D,9D,10D,11D,12D,13D,14D,15D,16D,17D,18D,19D,20D,21D,22D,23D,24D,25D,29D,30D,31D,32D,33D,34D,35D,36D,37D,38D,39D,40D,50D,51D,52D,53D,54D,55D. The second kappa shape index (κ2) is 26.7. The van der Waals surface area contributed by atoms with Gasteiger partial charge in [-0.1, -0.05) is 277 Å². The summed E-state index contributed by atoms with van der Waals surface area (Å²) in [4.78, 5) is 4.74. The number of para-hydroxylation sites is 1. The van der Waals surface area contributed by atoms with Crippen molar-refractivity contribution in [3.05, 3.63) is 368 Å². The van der Waals surface area contributed by atoms with Gasteiger partial charge in [-0.15, -0.1) is 0 Å². The number of rotatable bonds is 14. The quantitative estimate of drug-likeness (QED) is 0.0803. The number of imidazole rings is 1. The summed E-state index contributed by atoms with van der Waals surface area (Å²) >= 11 is 0. The molecule has 14 aromatic carbocycles. The van der Waals surface area contributed by atoms with E-state index in [4.69, 9.17) is 38.5 Å². The van der Waals surface area contributed by atoms with Crippen LogP contribution in [0.1, 0.15) is 112 Å². The summed E-state index contributed by atoms with van der Waals surface area (Å²) in [6.07, 6.45) is 4.55. The van der Waals surface area contributed by atoms with Crippen molar-refractivity contribution in [2.75, 3.05) is 0 Å². The fraction of sp³-hybridized carbons (Fsp3) is 0.0909. The second-order valence-corrected chi connectivity index (χ2v) is 26.4. The van der Waals surface area contributed by atoms with Gasteiger partial charge in [0.25, 0.3) is 6.33 Å². The van der Waals surface area contributed by atoms with Crippen LogP contribution >= 0.6 is 0 Å². The number of aromatic nitrogens is 4. The van der Waals surface area contributed by atoms with Crippen molar-refractivity contribution >= 4 is 32.8 Å². The number of aryl methyl sites for hydroxylation is 1. The van der Waals surface area contributed by atoms with Crippen LogP contribution in [0, 0.1) is 13.2 Å². The Kier molecular flexibility index (Phi) is 8.92. The Labute approximate surface area is 664 Å². The molecule has 0 fully saturated rings. The fourth-order valence-corrected chi connectivity index (χ4v) is 12.5. The first-order chi connectivity index (χ1) is 66.9. The molecule has 17 rings (SSSR count). The molecule has 0 spiro atoms. The first-order valence-corrected chi connectivity index (χ1v) is 32.8. The molecule has 0 aliphatic carbocycles. The number of nitrogens with zero attached hydrogens (tertiary/aromatic N) is 4. The molecule has 5 nitrogen and oxygen atoms in total. The summed E-state index contributed by atoms with van der Waals surface area (Å²) in [6.45, 7) is 9.14. The lowest BCUT2D eigenvalue weighted by Gasteiger charge is -2.26. The van der Waals surface area contributed by atoms with Crippen molar-refractivity contribution in [3.8, 4) is 129 Å². The molecule has 0 N–H and O–H groups in total. The summed E-state index contributed by atoms with van der Waals surface area (Å²) < 4.78 is 377. The third-order valence-corrected chi connectivity index (χ3v) is 17.7. The third-order valence-electron chi connectivity index (χ3n) is 17.7. The van der Waals surface area contributed by atoms with Gasteiger partial charge in [0, 0.05) is 32.7 Å². The van der Waals surface area contributed by atoms with Gasteiger partial charge in [0.05, 0.1) is 82.8 Å². The maximum absolute atomic E-state index is 11.0. The van der Waals surface area contributed by atoms with Gasteiger partial charge in [0.1, 0.15) is 17.3 Å². The van der Waals surface area contributed by atoms with E-state index in [1.54, 1.807) is 83.4 Å². The largest absolute Gasteiger partial charge is 0.458 e. The maximum atomic E-state index is 11.0. The Morgan fingerprint density at radius 1 is 0.375 bits per heavy atom. The molecule has 0 atom stereocenters. The van der Waals surface area contributed by atoms with E-state index < -0.39 is 330 Å². The average Bonchev–Trinajstić information content (AvgIpc) is 1.51. The number of fused-ring (bicyclic) bond motifs is 4. The number of hydrogen-bond donors (Lipinski definition) is 0. The smallest absolute Gasteiger partial charge is 0.269 e. The Hall–Kier alpha value is -12.7. The number of benzene rings is 14.